The van der Waals surface area contributed by atoms with Crippen molar-refractivity contribution in [3.05, 3.63) is 71.4 Å². The minimum absolute atomic E-state index is 0.0599. The molecule has 5 nitrogen and oxygen atoms in total. The highest BCUT2D eigenvalue weighted by atomic mass is 19.4. The topological polar surface area (TPSA) is 62.4 Å². The standard InChI is InChI=1S/C22H23F4N3O2/c1-14(2)11-29(12-19(30)15-6-8-18(23)9-7-15)13-20-27-21(28-31-20)16-4-3-5-17(10-16)22(24,25)26/h3-10,14,19,30H,11-13H2,1-2H3. The zero-order chi connectivity index (χ0) is 22.6. The van der Waals surface area contributed by atoms with E-state index in [-0.39, 0.29) is 42.1 Å². The van der Waals surface area contributed by atoms with Crippen molar-refractivity contribution in [3.8, 4) is 11.4 Å². The van der Waals surface area contributed by atoms with Crippen molar-refractivity contribution in [2.24, 2.45) is 5.92 Å². The van der Waals surface area contributed by atoms with Gasteiger partial charge in [0.25, 0.3) is 0 Å². The lowest BCUT2D eigenvalue weighted by molar-refractivity contribution is -0.137. The Labute approximate surface area is 177 Å². The molecule has 1 aromatic heterocycles. The molecule has 3 aromatic rings. The zero-order valence-electron chi connectivity index (χ0n) is 17.1. The van der Waals surface area contributed by atoms with Gasteiger partial charge in [0.1, 0.15) is 5.82 Å². The van der Waals surface area contributed by atoms with Crippen molar-refractivity contribution in [1.29, 1.82) is 0 Å². The summed E-state index contributed by atoms with van der Waals surface area (Å²) in [5.41, 5.74) is -0.0166. The lowest BCUT2D eigenvalue weighted by atomic mass is 10.1. The molecule has 0 radical (unpaired) electrons. The number of aromatic nitrogens is 2. The van der Waals surface area contributed by atoms with Crippen molar-refractivity contribution < 1.29 is 27.2 Å². The Morgan fingerprint density at radius 2 is 1.77 bits per heavy atom. The number of halogens is 4. The van der Waals surface area contributed by atoms with Gasteiger partial charge < -0.3 is 9.63 Å². The van der Waals surface area contributed by atoms with Gasteiger partial charge in [-0.2, -0.15) is 18.2 Å². The van der Waals surface area contributed by atoms with E-state index in [1.54, 1.807) is 0 Å². The van der Waals surface area contributed by atoms with Gasteiger partial charge in [0.15, 0.2) is 0 Å². The van der Waals surface area contributed by atoms with E-state index in [2.05, 4.69) is 10.1 Å². The van der Waals surface area contributed by atoms with E-state index in [1.807, 2.05) is 18.7 Å². The molecular weight excluding hydrogens is 414 g/mol. The molecule has 1 N–H and O–H groups in total. The second kappa shape index (κ2) is 9.57. The van der Waals surface area contributed by atoms with Gasteiger partial charge in [-0.05, 0) is 35.7 Å². The molecule has 9 heteroatoms. The summed E-state index contributed by atoms with van der Waals surface area (Å²) in [4.78, 5) is 6.13. The van der Waals surface area contributed by atoms with Crippen molar-refractivity contribution in [2.45, 2.75) is 32.7 Å². The molecule has 0 amide bonds. The average Bonchev–Trinajstić information content (AvgIpc) is 3.16. The Hall–Kier alpha value is -2.78. The van der Waals surface area contributed by atoms with Crippen molar-refractivity contribution in [1.82, 2.24) is 15.0 Å². The summed E-state index contributed by atoms with van der Waals surface area (Å²) in [7, 11) is 0. The number of nitrogens with zero attached hydrogens (tertiary/aromatic N) is 3. The molecule has 1 atom stereocenters. The Morgan fingerprint density at radius 1 is 1.06 bits per heavy atom. The molecule has 31 heavy (non-hydrogen) atoms. The third-order valence-electron chi connectivity index (χ3n) is 4.58. The molecule has 1 unspecified atom stereocenters. The molecule has 0 aliphatic carbocycles. The first kappa shape index (κ1) is 22.9. The maximum Gasteiger partial charge on any atom is 0.416 e. The Kier molecular flexibility index (Phi) is 7.07. The van der Waals surface area contributed by atoms with E-state index >= 15 is 0 Å². The minimum Gasteiger partial charge on any atom is -0.387 e. The van der Waals surface area contributed by atoms with Gasteiger partial charge in [-0.25, -0.2) is 4.39 Å². The van der Waals surface area contributed by atoms with Crippen LogP contribution in [0.3, 0.4) is 0 Å². The van der Waals surface area contributed by atoms with Gasteiger partial charge in [0.05, 0.1) is 18.2 Å². The summed E-state index contributed by atoms with van der Waals surface area (Å²) in [6.07, 6.45) is -5.32. The highest BCUT2D eigenvalue weighted by molar-refractivity contribution is 5.55. The maximum absolute atomic E-state index is 13.1. The smallest absolute Gasteiger partial charge is 0.387 e. The fourth-order valence-corrected chi connectivity index (χ4v) is 3.22. The van der Waals surface area contributed by atoms with E-state index < -0.39 is 17.8 Å². The quantitative estimate of drug-likeness (QED) is 0.498. The highest BCUT2D eigenvalue weighted by Crippen LogP contribution is 2.31. The second-order valence-electron chi connectivity index (χ2n) is 7.75. The number of rotatable bonds is 8. The first-order valence-corrected chi connectivity index (χ1v) is 9.78. The fraction of sp³-hybridized carbons (Fsp3) is 0.364. The van der Waals surface area contributed by atoms with Crippen LogP contribution in [0.1, 0.15) is 37.0 Å². The molecule has 0 saturated heterocycles. The van der Waals surface area contributed by atoms with E-state index in [9.17, 15) is 22.7 Å². The largest absolute Gasteiger partial charge is 0.416 e. The number of hydrogen-bond donors (Lipinski definition) is 1. The molecule has 0 fully saturated rings. The summed E-state index contributed by atoms with van der Waals surface area (Å²) in [6, 6.07) is 10.3. The fourth-order valence-electron chi connectivity index (χ4n) is 3.22. The van der Waals surface area contributed by atoms with Crippen LogP contribution in [0.15, 0.2) is 53.1 Å². The van der Waals surface area contributed by atoms with Crippen molar-refractivity contribution >= 4 is 0 Å². The van der Waals surface area contributed by atoms with Gasteiger partial charge in [0.2, 0.25) is 11.7 Å². The molecule has 3 rings (SSSR count). The zero-order valence-corrected chi connectivity index (χ0v) is 17.1. The van der Waals surface area contributed by atoms with Crippen molar-refractivity contribution in [2.75, 3.05) is 13.1 Å². The Bertz CT molecular complexity index is 987. The van der Waals surface area contributed by atoms with Crippen LogP contribution >= 0.6 is 0 Å². The molecule has 0 spiro atoms. The average molecular weight is 437 g/mol. The normalized spacial score (nSPS) is 13.2. The number of aliphatic hydroxyl groups excluding tert-OH is 1. The molecular formula is C22H23F4N3O2. The van der Waals surface area contributed by atoms with Crippen LogP contribution in [0.25, 0.3) is 11.4 Å². The number of benzene rings is 2. The van der Waals surface area contributed by atoms with Crippen LogP contribution in [0, 0.1) is 11.7 Å². The molecule has 0 aliphatic heterocycles. The SMILES string of the molecule is CC(C)CN(Cc1nc(-c2cccc(C(F)(F)F)c2)no1)CC(O)c1ccc(F)cc1. The van der Waals surface area contributed by atoms with Crippen LogP contribution in [0.5, 0.6) is 0 Å². The molecule has 0 saturated carbocycles. The van der Waals surface area contributed by atoms with Gasteiger partial charge in [-0.15, -0.1) is 0 Å². The minimum atomic E-state index is -4.47. The number of hydrogen-bond acceptors (Lipinski definition) is 5. The maximum atomic E-state index is 13.1. The lowest BCUT2D eigenvalue weighted by Gasteiger charge is -2.25. The molecule has 1 heterocycles. The third-order valence-corrected chi connectivity index (χ3v) is 4.58. The van der Waals surface area contributed by atoms with E-state index in [4.69, 9.17) is 4.52 Å². The van der Waals surface area contributed by atoms with E-state index in [0.29, 0.717) is 12.1 Å². The Balaban J connectivity index is 1.74. The number of aliphatic hydroxyl groups is 1. The number of alkyl halides is 3. The molecule has 0 aliphatic rings. The van der Waals surface area contributed by atoms with Crippen LogP contribution in [-0.4, -0.2) is 33.2 Å². The summed E-state index contributed by atoms with van der Waals surface area (Å²) < 4.78 is 57.2. The van der Waals surface area contributed by atoms with E-state index in [0.717, 1.165) is 12.1 Å². The van der Waals surface area contributed by atoms with Crippen molar-refractivity contribution in [3.63, 3.8) is 0 Å². The predicted molar refractivity (Wildman–Crippen MR) is 106 cm³/mol. The van der Waals surface area contributed by atoms with E-state index in [1.165, 1.54) is 36.4 Å². The first-order chi connectivity index (χ1) is 14.6. The van der Waals surface area contributed by atoms with Gasteiger partial charge in [-0.1, -0.05) is 43.3 Å². The predicted octanol–water partition coefficient (Wildman–Crippen LogP) is 5.09. The van der Waals surface area contributed by atoms with Crippen LogP contribution in [0.4, 0.5) is 17.6 Å². The van der Waals surface area contributed by atoms with Gasteiger partial charge >= 0.3 is 6.18 Å². The summed E-state index contributed by atoms with van der Waals surface area (Å²) in [5.74, 6) is 0.165. The summed E-state index contributed by atoms with van der Waals surface area (Å²) in [5, 5.41) is 14.3. The summed E-state index contributed by atoms with van der Waals surface area (Å²) in [6.45, 7) is 5.09. The lowest BCUT2D eigenvalue weighted by Crippen LogP contribution is -2.31. The second-order valence-corrected chi connectivity index (χ2v) is 7.75. The van der Waals surface area contributed by atoms with Gasteiger partial charge in [-0.3, -0.25) is 4.90 Å². The molecule has 166 valence electrons. The molecule has 0 bridgehead atoms. The monoisotopic (exact) mass is 437 g/mol. The Morgan fingerprint density at radius 3 is 2.42 bits per heavy atom. The van der Waals surface area contributed by atoms with Crippen LogP contribution < -0.4 is 0 Å². The molecule has 2 aromatic carbocycles. The highest BCUT2D eigenvalue weighted by Gasteiger charge is 2.30. The first-order valence-electron chi connectivity index (χ1n) is 9.78. The van der Waals surface area contributed by atoms with Crippen LogP contribution in [-0.2, 0) is 12.7 Å². The third kappa shape index (κ3) is 6.35. The van der Waals surface area contributed by atoms with Crippen LogP contribution in [0.2, 0.25) is 0 Å². The summed E-state index contributed by atoms with van der Waals surface area (Å²) >= 11 is 0. The van der Waals surface area contributed by atoms with Gasteiger partial charge in [0, 0.05) is 18.7 Å².